The monoisotopic (exact) mass is 383 g/mol. The van der Waals surface area contributed by atoms with Crippen LogP contribution in [0.15, 0.2) is 42.5 Å². The van der Waals surface area contributed by atoms with E-state index in [0.29, 0.717) is 16.8 Å². The van der Waals surface area contributed by atoms with Crippen molar-refractivity contribution in [3.63, 3.8) is 0 Å². The summed E-state index contributed by atoms with van der Waals surface area (Å²) >= 11 is 0. The van der Waals surface area contributed by atoms with Gasteiger partial charge in [0.25, 0.3) is 0 Å². The van der Waals surface area contributed by atoms with Crippen molar-refractivity contribution in [2.24, 2.45) is 0 Å². The van der Waals surface area contributed by atoms with Gasteiger partial charge in [-0.3, -0.25) is 9.59 Å². The molecule has 142 valence electrons. The quantitative estimate of drug-likeness (QED) is 0.679. The summed E-state index contributed by atoms with van der Waals surface area (Å²) in [6, 6.07) is 8.76. The number of carbonyl (C=O) groups excluding carboxylic acids is 2. The van der Waals surface area contributed by atoms with Gasteiger partial charge in [-0.25, -0.2) is 13.5 Å². The summed E-state index contributed by atoms with van der Waals surface area (Å²) in [5, 5.41) is 16.3. The number of Topliss-reactive ketones (excluding diaryl/α,β-unsaturated/α-hetero) is 1. The molecule has 1 unspecified atom stereocenters. The molecule has 4 rings (SSSR count). The minimum atomic E-state index is -0.841. The van der Waals surface area contributed by atoms with Crippen molar-refractivity contribution in [1.82, 2.24) is 9.78 Å². The molecule has 3 aromatic rings. The first-order chi connectivity index (χ1) is 13.3. The molecule has 1 amide bonds. The molecule has 0 aliphatic carbocycles. The van der Waals surface area contributed by atoms with Crippen molar-refractivity contribution in [3.8, 4) is 11.4 Å². The molecule has 2 heterocycles. The number of rotatable bonds is 3. The zero-order valence-electron chi connectivity index (χ0n) is 14.7. The molecule has 1 aliphatic heterocycles. The van der Waals surface area contributed by atoms with Crippen LogP contribution in [0.4, 0.5) is 14.6 Å². The molecule has 0 saturated carbocycles. The Labute approximate surface area is 158 Å². The van der Waals surface area contributed by atoms with E-state index in [-0.39, 0.29) is 29.5 Å². The predicted molar refractivity (Wildman–Crippen MR) is 96.6 cm³/mol. The first-order valence-electron chi connectivity index (χ1n) is 8.53. The molecule has 0 spiro atoms. The second-order valence-electron chi connectivity index (χ2n) is 6.57. The summed E-state index contributed by atoms with van der Waals surface area (Å²) in [5.74, 6) is -2.88. The number of aromatic nitrogens is 2. The van der Waals surface area contributed by atoms with Gasteiger partial charge in [-0.1, -0.05) is 0 Å². The second kappa shape index (κ2) is 6.56. The average molecular weight is 383 g/mol. The highest BCUT2D eigenvalue weighted by Crippen LogP contribution is 2.38. The van der Waals surface area contributed by atoms with E-state index < -0.39 is 23.5 Å². The van der Waals surface area contributed by atoms with Crippen molar-refractivity contribution in [1.29, 1.82) is 0 Å². The fourth-order valence-electron chi connectivity index (χ4n) is 3.43. The van der Waals surface area contributed by atoms with E-state index >= 15 is 0 Å². The smallest absolute Gasteiger partial charge is 0.226 e. The maximum atomic E-state index is 14.3. The first-order valence-corrected chi connectivity index (χ1v) is 8.53. The molecule has 28 heavy (non-hydrogen) atoms. The first kappa shape index (κ1) is 17.8. The third kappa shape index (κ3) is 2.92. The molecule has 2 aromatic carbocycles. The Bertz CT molecular complexity index is 1110. The molecule has 0 radical (unpaired) electrons. The lowest BCUT2D eigenvalue weighted by Gasteiger charge is -2.23. The number of phenolic OH excluding ortho intramolecular Hbond substituents is 1. The number of ketones is 1. The zero-order valence-corrected chi connectivity index (χ0v) is 14.7. The van der Waals surface area contributed by atoms with E-state index in [0.717, 1.165) is 12.1 Å². The van der Waals surface area contributed by atoms with Gasteiger partial charge in [-0.05, 0) is 43.3 Å². The van der Waals surface area contributed by atoms with Crippen LogP contribution in [-0.4, -0.2) is 26.6 Å². The number of aryl methyl sites for hydroxylation is 1. The summed E-state index contributed by atoms with van der Waals surface area (Å²) in [6.07, 6.45) is -0.0782. The van der Waals surface area contributed by atoms with E-state index in [1.165, 1.54) is 35.0 Å². The lowest BCUT2D eigenvalue weighted by Crippen LogP contribution is -2.28. The molecule has 1 aromatic heterocycles. The Morgan fingerprint density at radius 2 is 1.93 bits per heavy atom. The van der Waals surface area contributed by atoms with Crippen molar-refractivity contribution in [2.75, 3.05) is 5.32 Å². The number of aromatic hydroxyl groups is 1. The fraction of sp³-hybridized carbons (Fsp3) is 0.150. The van der Waals surface area contributed by atoms with Crippen LogP contribution >= 0.6 is 0 Å². The summed E-state index contributed by atoms with van der Waals surface area (Å²) in [5.41, 5.74) is 1.24. The Kier molecular flexibility index (Phi) is 4.18. The largest absolute Gasteiger partial charge is 0.508 e. The van der Waals surface area contributed by atoms with Crippen LogP contribution in [0.5, 0.6) is 5.75 Å². The van der Waals surface area contributed by atoms with Crippen molar-refractivity contribution >= 4 is 17.5 Å². The van der Waals surface area contributed by atoms with Crippen LogP contribution in [0, 0.1) is 18.6 Å². The number of benzene rings is 2. The number of nitrogens with zero attached hydrogens (tertiary/aromatic N) is 2. The van der Waals surface area contributed by atoms with Crippen LogP contribution < -0.4 is 5.32 Å². The third-order valence-electron chi connectivity index (χ3n) is 4.71. The molecular weight excluding hydrogens is 368 g/mol. The van der Waals surface area contributed by atoms with Gasteiger partial charge >= 0.3 is 0 Å². The number of carbonyl (C=O) groups is 2. The molecule has 2 N–H and O–H groups in total. The Hall–Kier alpha value is -3.55. The standard InChI is InChI=1S/C20H15F2N3O3/c1-10-18-14(19(28)11-2-5-13(26)6-3-11)9-17(27)23-20(18)25(24-10)16-7-4-12(21)8-15(16)22/h2-8,14,26H,9H2,1H3,(H,23,27). The summed E-state index contributed by atoms with van der Waals surface area (Å²) < 4.78 is 28.7. The Morgan fingerprint density at radius 3 is 2.61 bits per heavy atom. The number of hydrogen-bond donors (Lipinski definition) is 2. The summed E-state index contributed by atoms with van der Waals surface area (Å²) in [4.78, 5) is 25.3. The number of anilines is 1. The van der Waals surface area contributed by atoms with Crippen LogP contribution in [0.25, 0.3) is 5.69 Å². The molecule has 6 nitrogen and oxygen atoms in total. The van der Waals surface area contributed by atoms with E-state index in [9.17, 15) is 23.5 Å². The molecular formula is C20H15F2N3O3. The van der Waals surface area contributed by atoms with Crippen molar-refractivity contribution in [2.45, 2.75) is 19.3 Å². The van der Waals surface area contributed by atoms with E-state index in [2.05, 4.69) is 10.4 Å². The van der Waals surface area contributed by atoms with E-state index in [1.807, 2.05) is 0 Å². The Morgan fingerprint density at radius 1 is 1.21 bits per heavy atom. The number of fused-ring (bicyclic) bond motifs is 1. The third-order valence-corrected chi connectivity index (χ3v) is 4.71. The normalized spacial score (nSPS) is 15.8. The van der Waals surface area contributed by atoms with Gasteiger partial charge in [-0.2, -0.15) is 5.10 Å². The van der Waals surface area contributed by atoms with E-state index in [1.54, 1.807) is 6.92 Å². The van der Waals surface area contributed by atoms with Gasteiger partial charge in [0.1, 0.15) is 23.1 Å². The van der Waals surface area contributed by atoms with Gasteiger partial charge < -0.3 is 10.4 Å². The minimum Gasteiger partial charge on any atom is -0.508 e. The Balaban J connectivity index is 1.83. The molecule has 8 heteroatoms. The average Bonchev–Trinajstić information content (AvgIpc) is 2.97. The fourth-order valence-corrected chi connectivity index (χ4v) is 3.43. The van der Waals surface area contributed by atoms with Gasteiger partial charge in [0.05, 0.1) is 11.6 Å². The lowest BCUT2D eigenvalue weighted by molar-refractivity contribution is -0.116. The number of nitrogens with one attached hydrogen (secondary N) is 1. The highest BCUT2D eigenvalue weighted by molar-refractivity contribution is 6.08. The highest BCUT2D eigenvalue weighted by atomic mass is 19.1. The zero-order chi connectivity index (χ0) is 20.0. The van der Waals surface area contributed by atoms with Crippen LogP contribution in [0.3, 0.4) is 0 Å². The second-order valence-corrected chi connectivity index (χ2v) is 6.57. The van der Waals surface area contributed by atoms with Crippen molar-refractivity contribution in [3.05, 3.63) is 70.9 Å². The number of phenols is 1. The maximum Gasteiger partial charge on any atom is 0.226 e. The van der Waals surface area contributed by atoms with Gasteiger partial charge in [0.2, 0.25) is 5.91 Å². The topological polar surface area (TPSA) is 84.2 Å². The van der Waals surface area contributed by atoms with Gasteiger partial charge in [0, 0.05) is 23.6 Å². The molecule has 1 aliphatic rings. The van der Waals surface area contributed by atoms with Crippen LogP contribution in [0.1, 0.15) is 34.0 Å². The molecule has 0 saturated heterocycles. The summed E-state index contributed by atoms with van der Waals surface area (Å²) in [6.45, 7) is 1.66. The highest BCUT2D eigenvalue weighted by Gasteiger charge is 2.36. The maximum absolute atomic E-state index is 14.3. The van der Waals surface area contributed by atoms with Crippen LogP contribution in [-0.2, 0) is 4.79 Å². The summed E-state index contributed by atoms with van der Waals surface area (Å²) in [7, 11) is 0. The van der Waals surface area contributed by atoms with Crippen molar-refractivity contribution < 1.29 is 23.5 Å². The SMILES string of the molecule is Cc1nn(-c2ccc(F)cc2F)c2c1C(C(=O)c1ccc(O)cc1)CC(=O)N2. The van der Waals surface area contributed by atoms with E-state index in [4.69, 9.17) is 0 Å². The molecule has 0 bridgehead atoms. The lowest BCUT2D eigenvalue weighted by atomic mass is 9.85. The van der Waals surface area contributed by atoms with Crippen LogP contribution in [0.2, 0.25) is 0 Å². The molecule has 1 atom stereocenters. The number of hydrogen-bond acceptors (Lipinski definition) is 4. The number of amides is 1. The number of halogens is 2. The predicted octanol–water partition coefficient (Wildman–Crippen LogP) is 3.47. The van der Waals surface area contributed by atoms with Gasteiger partial charge in [-0.15, -0.1) is 0 Å². The molecule has 0 fully saturated rings. The van der Waals surface area contributed by atoms with Gasteiger partial charge in [0.15, 0.2) is 11.6 Å². The minimum absolute atomic E-state index is 0.0226.